The van der Waals surface area contributed by atoms with Crippen LogP contribution in [-0.2, 0) is 35.2 Å². The van der Waals surface area contributed by atoms with Crippen LogP contribution in [-0.4, -0.2) is 45.9 Å². The number of hydrogen-bond donors (Lipinski definition) is 1. The molecule has 37 heavy (non-hydrogen) atoms. The minimum atomic E-state index is -4.67. The maximum atomic E-state index is 14.4. The summed E-state index contributed by atoms with van der Waals surface area (Å²) in [4.78, 5) is 27.0. The first-order chi connectivity index (χ1) is 17.5. The second-order valence-electron chi connectivity index (χ2n) is 10.3. The lowest BCUT2D eigenvalue weighted by Crippen LogP contribution is -2.60. The van der Waals surface area contributed by atoms with E-state index < -0.39 is 28.6 Å². The quantitative estimate of drug-likeness (QED) is 0.432. The van der Waals surface area contributed by atoms with Crippen LogP contribution in [0, 0.1) is 11.2 Å². The molecule has 6 rings (SSSR count). The van der Waals surface area contributed by atoms with Gasteiger partial charge in [-0.1, -0.05) is 17.7 Å². The fourth-order valence-corrected chi connectivity index (χ4v) is 6.18. The van der Waals surface area contributed by atoms with Crippen LogP contribution < -0.4 is 5.32 Å². The van der Waals surface area contributed by atoms with E-state index in [0.717, 1.165) is 10.7 Å². The number of carbonyl (C=O) groups is 2. The minimum Gasteiger partial charge on any atom is -0.469 e. The number of benzene rings is 1. The molecule has 2 aromatic rings. The van der Waals surface area contributed by atoms with Crippen molar-refractivity contribution >= 4 is 23.6 Å². The lowest BCUT2D eigenvalue weighted by molar-refractivity contribution is -0.160. The number of alkyl halides is 3. The van der Waals surface area contributed by atoms with Gasteiger partial charge in [0.1, 0.15) is 5.82 Å². The van der Waals surface area contributed by atoms with Gasteiger partial charge in [-0.25, -0.2) is 9.18 Å². The highest BCUT2D eigenvalue weighted by atomic mass is 35.5. The van der Waals surface area contributed by atoms with Gasteiger partial charge in [-0.2, -0.15) is 18.3 Å². The largest absolute Gasteiger partial charge is 0.469 e. The fraction of sp³-hybridized carbons (Fsp3) is 0.560. The summed E-state index contributed by atoms with van der Waals surface area (Å²) >= 11 is 5.80. The molecule has 0 unspecified atom stereocenters. The molecule has 2 heterocycles. The summed E-state index contributed by atoms with van der Waals surface area (Å²) in [5, 5.41) is 7.09. The molecule has 3 saturated carbocycles. The van der Waals surface area contributed by atoms with Crippen molar-refractivity contribution < 1.29 is 31.9 Å². The molecule has 4 aliphatic rings. The molecule has 0 atom stereocenters. The SMILES string of the molecule is COC(=O)C12CCC(NC(=O)N3CCc4c(C(F)(F)F)nn(Cc5ccc(Cl)cc5F)c4C3)(CC1)CC2. The van der Waals surface area contributed by atoms with Gasteiger partial charge in [0, 0.05) is 28.2 Å². The van der Waals surface area contributed by atoms with Crippen LogP contribution in [0.25, 0.3) is 0 Å². The lowest BCUT2D eigenvalue weighted by Gasteiger charge is -2.52. The fourth-order valence-electron chi connectivity index (χ4n) is 6.03. The Kier molecular flexibility index (Phi) is 6.40. The predicted octanol–water partition coefficient (Wildman–Crippen LogP) is 5.08. The van der Waals surface area contributed by atoms with Crippen LogP contribution in [0.15, 0.2) is 18.2 Å². The number of halogens is 5. The van der Waals surface area contributed by atoms with E-state index in [1.165, 1.54) is 24.1 Å². The highest BCUT2D eigenvalue weighted by molar-refractivity contribution is 6.30. The standard InChI is InChI=1S/C25H27ClF4N4O3/c1-37-21(35)23-5-8-24(9-6-23,10-7-23)31-22(36)33-11-4-17-19(14-33)34(32-20(17)25(28,29)30)13-15-2-3-16(26)12-18(15)27/h2-3,12H,4-11,13-14H2,1H3,(H,31,36). The van der Waals surface area contributed by atoms with E-state index in [1.807, 2.05) is 0 Å². The van der Waals surface area contributed by atoms with Crippen LogP contribution in [0.1, 0.15) is 61.0 Å². The number of fused-ring (bicyclic) bond motifs is 4. The summed E-state index contributed by atoms with van der Waals surface area (Å²) < 4.78 is 61.8. The average molecular weight is 543 g/mol. The Morgan fingerprint density at radius 3 is 2.43 bits per heavy atom. The van der Waals surface area contributed by atoms with E-state index in [4.69, 9.17) is 16.3 Å². The predicted molar refractivity (Wildman–Crippen MR) is 125 cm³/mol. The number of nitrogens with zero attached hydrogens (tertiary/aromatic N) is 3. The molecule has 0 radical (unpaired) electrons. The summed E-state index contributed by atoms with van der Waals surface area (Å²) in [5.41, 5.74) is -1.54. The van der Waals surface area contributed by atoms with Crippen molar-refractivity contribution in [2.24, 2.45) is 5.41 Å². The first kappa shape index (κ1) is 25.8. The molecule has 3 aliphatic carbocycles. The topological polar surface area (TPSA) is 76.5 Å². The van der Waals surface area contributed by atoms with Gasteiger partial charge in [0.15, 0.2) is 5.69 Å². The molecule has 1 aliphatic heterocycles. The van der Waals surface area contributed by atoms with E-state index in [0.29, 0.717) is 38.5 Å². The van der Waals surface area contributed by atoms with Crippen molar-refractivity contribution in [3.05, 3.63) is 51.6 Å². The third-order valence-corrected chi connectivity index (χ3v) is 8.50. The van der Waals surface area contributed by atoms with Crippen LogP contribution in [0.4, 0.5) is 22.4 Å². The summed E-state index contributed by atoms with van der Waals surface area (Å²) in [6, 6.07) is 3.60. The number of nitrogens with one attached hydrogen (secondary N) is 1. The number of hydrogen-bond acceptors (Lipinski definition) is 4. The second kappa shape index (κ2) is 9.18. The molecular formula is C25H27ClF4N4O3. The minimum absolute atomic E-state index is 0.0147. The van der Waals surface area contributed by atoms with Gasteiger partial charge < -0.3 is 15.0 Å². The molecule has 0 saturated heterocycles. The summed E-state index contributed by atoms with van der Waals surface area (Å²) in [6.07, 6.45) is -0.904. The second-order valence-corrected chi connectivity index (χ2v) is 10.8. The Labute approximate surface area is 216 Å². The molecule has 3 fully saturated rings. The number of esters is 1. The maximum absolute atomic E-state index is 14.4. The highest BCUT2D eigenvalue weighted by Crippen LogP contribution is 2.53. The highest BCUT2D eigenvalue weighted by Gasteiger charge is 2.54. The van der Waals surface area contributed by atoms with Crippen molar-refractivity contribution in [1.82, 2.24) is 20.0 Å². The number of ether oxygens (including phenoxy) is 1. The molecule has 200 valence electrons. The summed E-state index contributed by atoms with van der Waals surface area (Å²) in [6.45, 7) is -0.205. The number of carbonyl (C=O) groups excluding carboxylic acids is 2. The molecule has 1 aromatic carbocycles. The monoisotopic (exact) mass is 542 g/mol. The molecule has 1 N–H and O–H groups in total. The zero-order valence-corrected chi connectivity index (χ0v) is 21.0. The maximum Gasteiger partial charge on any atom is 0.435 e. The molecule has 7 nitrogen and oxygen atoms in total. The zero-order valence-electron chi connectivity index (χ0n) is 20.3. The smallest absolute Gasteiger partial charge is 0.435 e. The average Bonchev–Trinajstić information content (AvgIpc) is 3.24. The normalized spacial score (nSPS) is 25.1. The van der Waals surface area contributed by atoms with E-state index in [2.05, 4.69) is 10.4 Å². The summed E-state index contributed by atoms with van der Waals surface area (Å²) in [5.74, 6) is -0.853. The van der Waals surface area contributed by atoms with Crippen molar-refractivity contribution in [2.75, 3.05) is 13.7 Å². The number of amides is 2. The molecular weight excluding hydrogens is 516 g/mol. The molecule has 0 spiro atoms. The van der Waals surface area contributed by atoms with Crippen LogP contribution >= 0.6 is 11.6 Å². The third-order valence-electron chi connectivity index (χ3n) is 8.27. The van der Waals surface area contributed by atoms with E-state index in [9.17, 15) is 27.2 Å². The van der Waals surface area contributed by atoms with E-state index in [-0.39, 0.29) is 59.9 Å². The van der Waals surface area contributed by atoms with Gasteiger partial charge in [0.05, 0.1) is 31.3 Å². The lowest BCUT2D eigenvalue weighted by atomic mass is 9.57. The Bertz CT molecular complexity index is 1220. The first-order valence-corrected chi connectivity index (χ1v) is 12.6. The van der Waals surface area contributed by atoms with Crippen molar-refractivity contribution in [3.8, 4) is 0 Å². The number of methoxy groups -OCH3 is 1. The molecule has 2 amide bonds. The Morgan fingerprint density at radius 2 is 1.84 bits per heavy atom. The Hall–Kier alpha value is -2.82. The number of urea groups is 1. The summed E-state index contributed by atoms with van der Waals surface area (Å²) in [7, 11) is 1.39. The number of aromatic nitrogens is 2. The Balaban J connectivity index is 1.35. The number of rotatable bonds is 4. The van der Waals surface area contributed by atoms with Crippen LogP contribution in [0.2, 0.25) is 5.02 Å². The van der Waals surface area contributed by atoms with Gasteiger partial charge in [0.25, 0.3) is 0 Å². The van der Waals surface area contributed by atoms with Gasteiger partial charge in [-0.15, -0.1) is 0 Å². The first-order valence-electron chi connectivity index (χ1n) is 12.2. The van der Waals surface area contributed by atoms with Crippen LogP contribution in [0.5, 0.6) is 0 Å². The van der Waals surface area contributed by atoms with Gasteiger partial charge >= 0.3 is 18.2 Å². The van der Waals surface area contributed by atoms with Gasteiger partial charge in [0.2, 0.25) is 0 Å². The Morgan fingerprint density at radius 1 is 1.16 bits per heavy atom. The molecule has 1 aromatic heterocycles. The van der Waals surface area contributed by atoms with Gasteiger partial charge in [-0.05, 0) is 57.1 Å². The van der Waals surface area contributed by atoms with Crippen LogP contribution in [0.3, 0.4) is 0 Å². The van der Waals surface area contributed by atoms with E-state index >= 15 is 0 Å². The third kappa shape index (κ3) is 4.66. The van der Waals surface area contributed by atoms with E-state index in [1.54, 1.807) is 0 Å². The van der Waals surface area contributed by atoms with Crippen molar-refractivity contribution in [1.29, 1.82) is 0 Å². The molecule has 12 heteroatoms. The van der Waals surface area contributed by atoms with Gasteiger partial charge in [-0.3, -0.25) is 9.48 Å². The molecule has 2 bridgehead atoms. The van der Waals surface area contributed by atoms with Crippen molar-refractivity contribution in [3.63, 3.8) is 0 Å². The zero-order chi connectivity index (χ0) is 26.6. The van der Waals surface area contributed by atoms with Crippen molar-refractivity contribution in [2.45, 2.75) is 69.8 Å².